The van der Waals surface area contributed by atoms with Crippen molar-refractivity contribution in [1.29, 1.82) is 0 Å². The number of amides is 1. The third-order valence-corrected chi connectivity index (χ3v) is 3.80. The highest BCUT2D eigenvalue weighted by molar-refractivity contribution is 6.27. The summed E-state index contributed by atoms with van der Waals surface area (Å²) < 4.78 is 5.15. The van der Waals surface area contributed by atoms with Crippen LogP contribution in [0.2, 0.25) is 0 Å². The molecule has 0 aliphatic heterocycles. The molecule has 29 heavy (non-hydrogen) atoms. The third-order valence-electron chi connectivity index (χ3n) is 3.80. The number of carboxylic acid groups (broad SMARTS) is 2. The van der Waals surface area contributed by atoms with Crippen LogP contribution in [0.1, 0.15) is 31.7 Å². The number of nitro groups is 1. The van der Waals surface area contributed by atoms with Gasteiger partial charge in [0.15, 0.2) is 0 Å². The van der Waals surface area contributed by atoms with E-state index in [1.165, 1.54) is 13.2 Å². The molecule has 1 aromatic carbocycles. The Hall–Kier alpha value is -3.21. The normalized spacial score (nSPS) is 10.0. The van der Waals surface area contributed by atoms with Crippen LogP contribution in [0.3, 0.4) is 0 Å². The van der Waals surface area contributed by atoms with Gasteiger partial charge in [0, 0.05) is 24.6 Å². The largest absolute Gasteiger partial charge is 0.497 e. The van der Waals surface area contributed by atoms with Crippen molar-refractivity contribution in [1.82, 2.24) is 4.90 Å². The lowest BCUT2D eigenvalue weighted by Gasteiger charge is -2.21. The summed E-state index contributed by atoms with van der Waals surface area (Å²) >= 11 is 0. The molecule has 0 fully saturated rings. The minimum Gasteiger partial charge on any atom is -0.497 e. The van der Waals surface area contributed by atoms with Gasteiger partial charge in [-0.3, -0.25) is 14.9 Å². The first kappa shape index (κ1) is 25.8. The Kier molecular flexibility index (Phi) is 12.3. The van der Waals surface area contributed by atoms with Crippen LogP contribution in [0.25, 0.3) is 0 Å². The minimum atomic E-state index is -1.82. The average molecular weight is 413 g/mol. The van der Waals surface area contributed by atoms with E-state index in [1.807, 2.05) is 0 Å². The van der Waals surface area contributed by atoms with E-state index in [9.17, 15) is 14.9 Å². The molecule has 0 saturated carbocycles. The molecular weight excluding hydrogens is 386 g/mol. The molecule has 162 valence electrons. The molecule has 0 spiro atoms. The molecule has 0 unspecified atom stereocenters. The SMILES string of the molecule is CCCN(CCCC(N)=O)CCc1cc(OC)ccc1[N+](=O)[O-].O=C(O)C(=O)O. The third kappa shape index (κ3) is 11.3. The maximum absolute atomic E-state index is 11.1. The van der Waals surface area contributed by atoms with E-state index in [1.54, 1.807) is 12.1 Å². The fraction of sp³-hybridized carbons (Fsp3) is 0.500. The van der Waals surface area contributed by atoms with Crippen molar-refractivity contribution >= 4 is 23.5 Å². The second kappa shape index (κ2) is 13.9. The Balaban J connectivity index is 0.00000113. The van der Waals surface area contributed by atoms with Crippen LogP contribution >= 0.6 is 0 Å². The molecule has 0 radical (unpaired) electrons. The first-order valence-electron chi connectivity index (χ1n) is 8.90. The molecule has 0 aliphatic carbocycles. The molecule has 0 bridgehead atoms. The molecule has 11 heteroatoms. The summed E-state index contributed by atoms with van der Waals surface area (Å²) in [6, 6.07) is 4.79. The molecule has 4 N–H and O–H groups in total. The van der Waals surface area contributed by atoms with Crippen LogP contribution in [-0.2, 0) is 20.8 Å². The van der Waals surface area contributed by atoms with Crippen molar-refractivity contribution in [2.75, 3.05) is 26.7 Å². The number of rotatable bonds is 11. The highest BCUT2D eigenvalue weighted by Crippen LogP contribution is 2.24. The number of carbonyl (C=O) groups excluding carboxylic acids is 1. The van der Waals surface area contributed by atoms with Crippen molar-refractivity contribution in [3.05, 3.63) is 33.9 Å². The molecule has 11 nitrogen and oxygen atoms in total. The number of primary amides is 1. The summed E-state index contributed by atoms with van der Waals surface area (Å²) in [5.74, 6) is -3.34. The average Bonchev–Trinajstić information content (AvgIpc) is 2.65. The molecule has 0 aromatic heterocycles. The first-order chi connectivity index (χ1) is 13.6. The predicted octanol–water partition coefficient (Wildman–Crippen LogP) is 1.28. The maximum atomic E-state index is 11.1. The number of nitrogens with zero attached hydrogens (tertiary/aromatic N) is 2. The van der Waals surface area contributed by atoms with Gasteiger partial charge in [-0.15, -0.1) is 0 Å². The Bertz CT molecular complexity index is 696. The van der Waals surface area contributed by atoms with Crippen molar-refractivity contribution in [3.63, 3.8) is 0 Å². The zero-order valence-corrected chi connectivity index (χ0v) is 16.5. The molecule has 1 aromatic rings. The van der Waals surface area contributed by atoms with Crippen molar-refractivity contribution in [2.45, 2.75) is 32.6 Å². The van der Waals surface area contributed by atoms with Crippen molar-refractivity contribution < 1.29 is 34.3 Å². The molecule has 0 atom stereocenters. The minimum absolute atomic E-state index is 0.111. The van der Waals surface area contributed by atoms with Crippen LogP contribution in [0, 0.1) is 10.1 Å². The number of methoxy groups -OCH3 is 1. The van der Waals surface area contributed by atoms with E-state index in [4.69, 9.17) is 30.3 Å². The zero-order valence-electron chi connectivity index (χ0n) is 16.5. The lowest BCUT2D eigenvalue weighted by atomic mass is 10.1. The Morgan fingerprint density at radius 1 is 1.17 bits per heavy atom. The second-order valence-corrected chi connectivity index (χ2v) is 6.02. The fourth-order valence-electron chi connectivity index (χ4n) is 2.47. The summed E-state index contributed by atoms with van der Waals surface area (Å²) in [6.45, 7) is 4.42. The van der Waals surface area contributed by atoms with Crippen LogP contribution in [0.5, 0.6) is 5.75 Å². The number of hydrogen-bond donors (Lipinski definition) is 3. The van der Waals surface area contributed by atoms with E-state index >= 15 is 0 Å². The highest BCUT2D eigenvalue weighted by atomic mass is 16.6. The number of carbonyl (C=O) groups is 3. The van der Waals surface area contributed by atoms with Gasteiger partial charge in [-0.05, 0) is 44.5 Å². The van der Waals surface area contributed by atoms with Gasteiger partial charge >= 0.3 is 11.9 Å². The van der Waals surface area contributed by atoms with Crippen LogP contribution in [0.4, 0.5) is 5.69 Å². The van der Waals surface area contributed by atoms with Crippen LogP contribution < -0.4 is 10.5 Å². The number of carboxylic acids is 2. The van der Waals surface area contributed by atoms with Gasteiger partial charge in [0.05, 0.1) is 12.0 Å². The van der Waals surface area contributed by atoms with Gasteiger partial charge in [-0.1, -0.05) is 6.92 Å². The predicted molar refractivity (Wildman–Crippen MR) is 104 cm³/mol. The van der Waals surface area contributed by atoms with Gasteiger partial charge in [-0.25, -0.2) is 9.59 Å². The highest BCUT2D eigenvalue weighted by Gasteiger charge is 2.15. The molecule has 0 saturated heterocycles. The summed E-state index contributed by atoms with van der Waals surface area (Å²) in [6.07, 6.45) is 2.61. The zero-order chi connectivity index (χ0) is 22.4. The monoisotopic (exact) mass is 413 g/mol. The number of benzene rings is 1. The Morgan fingerprint density at radius 2 is 1.79 bits per heavy atom. The molecular formula is C18H27N3O8. The second-order valence-electron chi connectivity index (χ2n) is 6.02. The number of nitrogens with two attached hydrogens (primary N) is 1. The van der Waals surface area contributed by atoms with E-state index in [-0.39, 0.29) is 16.5 Å². The van der Waals surface area contributed by atoms with Gasteiger partial charge in [0.25, 0.3) is 5.69 Å². The standard InChI is InChI=1S/C16H25N3O4.C2H2O4/c1-3-9-18(10-4-5-16(17)20)11-8-13-12-14(23-2)6-7-15(13)19(21)22;3-1(4)2(5)6/h6-7,12H,3-5,8-11H2,1-2H3,(H2,17,20);(H,3,4)(H,5,6). The molecule has 0 heterocycles. The summed E-state index contributed by atoms with van der Waals surface area (Å²) in [5, 5.41) is 25.9. The number of aliphatic carboxylic acids is 2. The number of ether oxygens (including phenoxy) is 1. The van der Waals surface area contributed by atoms with Crippen molar-refractivity contribution in [3.8, 4) is 5.75 Å². The number of hydrogen-bond acceptors (Lipinski definition) is 7. The summed E-state index contributed by atoms with van der Waals surface area (Å²) in [4.78, 5) is 42.0. The van der Waals surface area contributed by atoms with E-state index < -0.39 is 11.9 Å². The summed E-state index contributed by atoms with van der Waals surface area (Å²) in [7, 11) is 1.54. The van der Waals surface area contributed by atoms with Gasteiger partial charge in [0.2, 0.25) is 5.91 Å². The summed E-state index contributed by atoms with van der Waals surface area (Å²) in [5.41, 5.74) is 5.92. The van der Waals surface area contributed by atoms with E-state index in [0.717, 1.165) is 19.5 Å². The van der Waals surface area contributed by atoms with Crippen molar-refractivity contribution in [2.24, 2.45) is 5.73 Å². The fourth-order valence-corrected chi connectivity index (χ4v) is 2.47. The lowest BCUT2D eigenvalue weighted by Crippen LogP contribution is -2.29. The van der Waals surface area contributed by atoms with Gasteiger partial charge in [-0.2, -0.15) is 0 Å². The van der Waals surface area contributed by atoms with Crippen LogP contribution in [0.15, 0.2) is 18.2 Å². The van der Waals surface area contributed by atoms with Gasteiger partial charge < -0.3 is 25.6 Å². The van der Waals surface area contributed by atoms with Gasteiger partial charge in [0.1, 0.15) is 5.75 Å². The molecule has 1 rings (SSSR count). The first-order valence-corrected chi connectivity index (χ1v) is 8.90. The van der Waals surface area contributed by atoms with E-state index in [0.29, 0.717) is 37.1 Å². The number of nitro benzene ring substituents is 1. The Labute approximate surface area is 168 Å². The topological polar surface area (TPSA) is 173 Å². The Morgan fingerprint density at radius 3 is 2.24 bits per heavy atom. The molecule has 1 amide bonds. The van der Waals surface area contributed by atoms with E-state index in [2.05, 4.69) is 11.8 Å². The maximum Gasteiger partial charge on any atom is 0.414 e. The van der Waals surface area contributed by atoms with Crippen LogP contribution in [-0.4, -0.2) is 64.6 Å². The quantitative estimate of drug-likeness (QED) is 0.274. The lowest BCUT2D eigenvalue weighted by molar-refractivity contribution is -0.385. The smallest absolute Gasteiger partial charge is 0.414 e. The molecule has 0 aliphatic rings.